The summed E-state index contributed by atoms with van der Waals surface area (Å²) in [6.07, 6.45) is 2.51. The number of hydrogen-bond donors (Lipinski definition) is 2. The van der Waals surface area contributed by atoms with Crippen LogP contribution in [-0.2, 0) is 6.54 Å². The number of nitrogen functional groups attached to an aromatic ring is 1. The van der Waals surface area contributed by atoms with Crippen LogP contribution in [0, 0.1) is 0 Å². The van der Waals surface area contributed by atoms with Crippen LogP contribution in [0.3, 0.4) is 0 Å². The Morgan fingerprint density at radius 3 is 2.79 bits per heavy atom. The van der Waals surface area contributed by atoms with Gasteiger partial charge in [0.05, 0.1) is 18.0 Å². The van der Waals surface area contributed by atoms with Gasteiger partial charge in [-0.15, -0.1) is 0 Å². The molecule has 0 amide bonds. The predicted octanol–water partition coefficient (Wildman–Crippen LogP) is 3.29. The minimum Gasteiger partial charge on any atom is -0.435 e. The fraction of sp³-hybridized carbons (Fsp3) is 0.348. The van der Waals surface area contributed by atoms with Crippen molar-refractivity contribution in [1.82, 2.24) is 24.6 Å². The van der Waals surface area contributed by atoms with E-state index >= 15 is 0 Å². The third kappa shape index (κ3) is 4.19. The number of fused-ring (bicyclic) bond motifs is 2. The van der Waals surface area contributed by atoms with E-state index in [0.717, 1.165) is 29.3 Å². The number of nitrogens with two attached hydrogens (primary N) is 1. The number of hydrogen-bond acceptors (Lipinski definition) is 7. The van der Waals surface area contributed by atoms with Gasteiger partial charge < -0.3 is 20.5 Å². The van der Waals surface area contributed by atoms with Crippen molar-refractivity contribution in [3.63, 3.8) is 0 Å². The molecule has 2 atom stereocenters. The van der Waals surface area contributed by atoms with E-state index in [9.17, 15) is 13.9 Å². The fourth-order valence-electron chi connectivity index (χ4n) is 4.47. The average molecular weight is 454 g/mol. The molecular weight excluding hydrogens is 430 g/mol. The van der Waals surface area contributed by atoms with Gasteiger partial charge in [0.1, 0.15) is 23.6 Å². The molecule has 1 aliphatic heterocycles. The van der Waals surface area contributed by atoms with Crippen molar-refractivity contribution in [2.24, 2.45) is 0 Å². The third-order valence-electron chi connectivity index (χ3n) is 6.24. The van der Waals surface area contributed by atoms with Crippen LogP contribution in [0.1, 0.15) is 12.8 Å². The Morgan fingerprint density at radius 2 is 1.97 bits per heavy atom. The topological polar surface area (TPSA) is 102 Å². The van der Waals surface area contributed by atoms with E-state index < -0.39 is 6.61 Å². The van der Waals surface area contributed by atoms with Crippen LogP contribution in [0.25, 0.3) is 33.1 Å². The van der Waals surface area contributed by atoms with E-state index in [2.05, 4.69) is 19.6 Å². The van der Waals surface area contributed by atoms with E-state index in [4.69, 9.17) is 10.8 Å². The van der Waals surface area contributed by atoms with E-state index in [-0.39, 0.29) is 17.9 Å². The van der Waals surface area contributed by atoms with Gasteiger partial charge in [-0.05, 0) is 48.9 Å². The summed E-state index contributed by atoms with van der Waals surface area (Å²) in [4.78, 5) is 10.8. The number of benzene rings is 2. The summed E-state index contributed by atoms with van der Waals surface area (Å²) < 4.78 is 31.4. The number of rotatable bonds is 5. The SMILES string of the molecule is CN1CCC(O)CC1Cn1nc(-c2ccc3cc(OC(F)F)ccc3c2)c2c(N)ncnc21. The first kappa shape index (κ1) is 21.5. The lowest BCUT2D eigenvalue weighted by molar-refractivity contribution is -0.0497. The second-order valence-corrected chi connectivity index (χ2v) is 8.40. The van der Waals surface area contributed by atoms with Gasteiger partial charge in [0.15, 0.2) is 5.65 Å². The maximum atomic E-state index is 12.5. The molecule has 1 fully saturated rings. The van der Waals surface area contributed by atoms with E-state index in [1.165, 1.54) is 12.4 Å². The number of nitrogens with zero attached hydrogens (tertiary/aromatic N) is 5. The standard InChI is InChI=1S/C23H24F2N6O2/c1-30-7-6-17(32)10-16(30)11-31-22-19(21(26)27-12-28-22)20(29-31)15-3-2-14-9-18(33-23(24)25)5-4-13(14)8-15/h2-5,8-9,12,16-17,23,32H,6-7,10-11H2,1H3,(H2,26,27,28). The van der Waals surface area contributed by atoms with Crippen LogP contribution in [0.5, 0.6) is 5.75 Å². The van der Waals surface area contributed by atoms with Gasteiger partial charge in [0.25, 0.3) is 0 Å². The van der Waals surface area contributed by atoms with Crippen LogP contribution in [-0.4, -0.2) is 62.1 Å². The highest BCUT2D eigenvalue weighted by Gasteiger charge is 2.27. The van der Waals surface area contributed by atoms with E-state index in [0.29, 0.717) is 35.5 Å². The molecule has 4 aromatic rings. The summed E-state index contributed by atoms with van der Waals surface area (Å²) in [5.74, 6) is 0.440. The van der Waals surface area contributed by atoms with Gasteiger partial charge in [-0.2, -0.15) is 13.9 Å². The number of piperidine rings is 1. The van der Waals surface area contributed by atoms with Crippen molar-refractivity contribution in [2.45, 2.75) is 38.1 Å². The third-order valence-corrected chi connectivity index (χ3v) is 6.24. The highest BCUT2D eigenvalue weighted by Crippen LogP contribution is 2.33. The van der Waals surface area contributed by atoms with Crippen molar-refractivity contribution in [3.05, 3.63) is 42.7 Å². The van der Waals surface area contributed by atoms with Crippen LogP contribution in [0.2, 0.25) is 0 Å². The molecule has 0 radical (unpaired) electrons. The normalized spacial score (nSPS) is 19.5. The largest absolute Gasteiger partial charge is 0.435 e. The molecule has 3 heterocycles. The van der Waals surface area contributed by atoms with Crippen LogP contribution < -0.4 is 10.5 Å². The molecule has 172 valence electrons. The fourth-order valence-corrected chi connectivity index (χ4v) is 4.47. The number of aromatic nitrogens is 4. The summed E-state index contributed by atoms with van der Waals surface area (Å²) in [5, 5.41) is 17.2. The number of likely N-dealkylation sites (N-methyl/N-ethyl adjacent to an activating group) is 1. The molecule has 2 aromatic heterocycles. The van der Waals surface area contributed by atoms with Crippen molar-refractivity contribution in [2.75, 3.05) is 19.3 Å². The Hall–Kier alpha value is -3.37. The molecule has 8 nitrogen and oxygen atoms in total. The van der Waals surface area contributed by atoms with Crippen LogP contribution >= 0.6 is 0 Å². The van der Waals surface area contributed by atoms with Gasteiger partial charge in [-0.3, -0.25) is 0 Å². The average Bonchev–Trinajstić information content (AvgIpc) is 3.15. The summed E-state index contributed by atoms with van der Waals surface area (Å²) in [6.45, 7) is -1.50. The van der Waals surface area contributed by atoms with Gasteiger partial charge >= 0.3 is 6.61 Å². The molecule has 33 heavy (non-hydrogen) atoms. The Labute approximate surface area is 188 Å². The second-order valence-electron chi connectivity index (χ2n) is 8.40. The maximum absolute atomic E-state index is 12.5. The number of halogens is 2. The van der Waals surface area contributed by atoms with Gasteiger partial charge in [0, 0.05) is 18.2 Å². The minimum atomic E-state index is -2.87. The van der Waals surface area contributed by atoms with Crippen molar-refractivity contribution in [1.29, 1.82) is 0 Å². The Balaban J connectivity index is 1.56. The monoisotopic (exact) mass is 454 g/mol. The molecule has 10 heteroatoms. The molecule has 2 unspecified atom stereocenters. The zero-order chi connectivity index (χ0) is 23.1. The first-order valence-electron chi connectivity index (χ1n) is 10.7. The first-order chi connectivity index (χ1) is 15.9. The number of alkyl halides is 2. The molecule has 5 rings (SSSR count). The molecule has 0 aliphatic carbocycles. The maximum Gasteiger partial charge on any atom is 0.387 e. The number of aliphatic hydroxyl groups is 1. The van der Waals surface area contributed by atoms with E-state index in [1.807, 2.05) is 29.9 Å². The molecule has 0 spiro atoms. The van der Waals surface area contributed by atoms with E-state index in [1.54, 1.807) is 12.1 Å². The Bertz CT molecular complexity index is 1310. The van der Waals surface area contributed by atoms with Gasteiger partial charge in [0.2, 0.25) is 0 Å². The number of likely N-dealkylation sites (tertiary alicyclic amines) is 1. The second kappa shape index (κ2) is 8.53. The smallest absolute Gasteiger partial charge is 0.387 e. The zero-order valence-electron chi connectivity index (χ0n) is 18.0. The van der Waals surface area contributed by atoms with Gasteiger partial charge in [-0.1, -0.05) is 18.2 Å². The van der Waals surface area contributed by atoms with Crippen LogP contribution in [0.15, 0.2) is 42.7 Å². The molecule has 2 aromatic carbocycles. The summed E-state index contributed by atoms with van der Waals surface area (Å²) in [5.41, 5.74) is 8.32. The molecule has 1 aliphatic rings. The molecule has 0 saturated carbocycles. The summed E-state index contributed by atoms with van der Waals surface area (Å²) in [6, 6.07) is 10.6. The lowest BCUT2D eigenvalue weighted by atomic mass is 10.0. The van der Waals surface area contributed by atoms with Crippen LogP contribution in [0.4, 0.5) is 14.6 Å². The summed E-state index contributed by atoms with van der Waals surface area (Å²) >= 11 is 0. The minimum absolute atomic E-state index is 0.108. The molecule has 0 bridgehead atoms. The Kier molecular flexibility index (Phi) is 5.55. The molecule has 1 saturated heterocycles. The highest BCUT2D eigenvalue weighted by atomic mass is 19.3. The zero-order valence-corrected chi connectivity index (χ0v) is 18.0. The molecule has 3 N–H and O–H groups in total. The van der Waals surface area contributed by atoms with Crippen molar-refractivity contribution < 1.29 is 18.6 Å². The summed E-state index contributed by atoms with van der Waals surface area (Å²) in [7, 11) is 2.04. The Morgan fingerprint density at radius 1 is 1.18 bits per heavy atom. The predicted molar refractivity (Wildman–Crippen MR) is 121 cm³/mol. The first-order valence-corrected chi connectivity index (χ1v) is 10.7. The number of aliphatic hydroxyl groups excluding tert-OH is 1. The van der Waals surface area contributed by atoms with Crippen molar-refractivity contribution >= 4 is 27.6 Å². The van der Waals surface area contributed by atoms with Gasteiger partial charge in [-0.25, -0.2) is 14.6 Å². The quantitative estimate of drug-likeness (QED) is 0.477. The number of ether oxygens (including phenoxy) is 1. The van der Waals surface area contributed by atoms with Crippen molar-refractivity contribution in [3.8, 4) is 17.0 Å². The molecular formula is C23H24F2N6O2. The number of anilines is 1. The highest BCUT2D eigenvalue weighted by molar-refractivity contribution is 6.00. The lowest BCUT2D eigenvalue weighted by Crippen LogP contribution is -2.44. The lowest BCUT2D eigenvalue weighted by Gasteiger charge is -2.35.